The molecule has 22 heavy (non-hydrogen) atoms. The monoisotopic (exact) mass is 305 g/mol. The molecule has 1 aromatic carbocycles. The predicted molar refractivity (Wildman–Crippen MR) is 89.2 cm³/mol. The van der Waals surface area contributed by atoms with Crippen LogP contribution in [0.5, 0.6) is 0 Å². The van der Waals surface area contributed by atoms with Gasteiger partial charge in [0, 0.05) is 37.9 Å². The minimum atomic E-state index is -0.0367. The van der Waals surface area contributed by atoms with E-state index in [0.717, 1.165) is 30.8 Å². The van der Waals surface area contributed by atoms with E-state index in [1.54, 1.807) is 0 Å². The maximum atomic E-state index is 12.4. The van der Waals surface area contributed by atoms with Gasteiger partial charge in [0.05, 0.1) is 6.61 Å². The van der Waals surface area contributed by atoms with Crippen LogP contribution in [0.1, 0.15) is 24.5 Å². The summed E-state index contributed by atoms with van der Waals surface area (Å²) < 4.78 is 0. The summed E-state index contributed by atoms with van der Waals surface area (Å²) in [5.74, 6) is 0. The van der Waals surface area contributed by atoms with Gasteiger partial charge >= 0.3 is 6.03 Å². The second kappa shape index (κ2) is 7.61. The Labute approximate surface area is 132 Å². The Balaban J connectivity index is 1.91. The molecule has 1 saturated heterocycles. The van der Waals surface area contributed by atoms with Gasteiger partial charge in [-0.3, -0.25) is 4.90 Å². The molecule has 2 N–H and O–H groups in total. The number of aliphatic hydroxyl groups is 1. The summed E-state index contributed by atoms with van der Waals surface area (Å²) in [5, 5.41) is 12.4. The lowest BCUT2D eigenvalue weighted by molar-refractivity contribution is 0.0766. The highest BCUT2D eigenvalue weighted by Crippen LogP contribution is 2.19. The Bertz CT molecular complexity index is 507. The van der Waals surface area contributed by atoms with Crippen molar-refractivity contribution in [1.29, 1.82) is 0 Å². The summed E-state index contributed by atoms with van der Waals surface area (Å²) in [6.07, 6.45) is 0.936. The SMILES string of the molecule is CCC(CO)N1CCN(C(=O)Nc2cccc(C)c2C)CC1. The van der Waals surface area contributed by atoms with Crippen molar-refractivity contribution in [3.05, 3.63) is 29.3 Å². The highest BCUT2D eigenvalue weighted by Gasteiger charge is 2.25. The fraction of sp³-hybridized carbons (Fsp3) is 0.588. The molecule has 2 rings (SSSR count). The number of aryl methyl sites for hydroxylation is 1. The molecule has 1 aliphatic rings. The van der Waals surface area contributed by atoms with Gasteiger partial charge in [0.25, 0.3) is 0 Å². The number of amides is 2. The van der Waals surface area contributed by atoms with E-state index < -0.39 is 0 Å². The maximum Gasteiger partial charge on any atom is 0.321 e. The van der Waals surface area contributed by atoms with Crippen molar-refractivity contribution in [2.45, 2.75) is 33.2 Å². The third-order valence-electron chi connectivity index (χ3n) is 4.65. The van der Waals surface area contributed by atoms with Gasteiger partial charge in [-0.1, -0.05) is 19.1 Å². The number of hydrogen-bond donors (Lipinski definition) is 2. The molecular weight excluding hydrogens is 278 g/mol. The average Bonchev–Trinajstić information content (AvgIpc) is 2.53. The molecule has 1 unspecified atom stereocenters. The largest absolute Gasteiger partial charge is 0.395 e. The van der Waals surface area contributed by atoms with Crippen LogP contribution in [0.25, 0.3) is 0 Å². The van der Waals surface area contributed by atoms with Crippen molar-refractivity contribution in [3.8, 4) is 0 Å². The topological polar surface area (TPSA) is 55.8 Å². The van der Waals surface area contributed by atoms with Gasteiger partial charge in [0.1, 0.15) is 0 Å². The molecule has 1 atom stereocenters. The molecule has 2 amide bonds. The van der Waals surface area contributed by atoms with Crippen LogP contribution in [0, 0.1) is 13.8 Å². The van der Waals surface area contributed by atoms with Gasteiger partial charge in [-0.15, -0.1) is 0 Å². The van der Waals surface area contributed by atoms with Crippen LogP contribution in [0.15, 0.2) is 18.2 Å². The molecule has 1 aliphatic heterocycles. The third kappa shape index (κ3) is 3.78. The summed E-state index contributed by atoms with van der Waals surface area (Å²) in [6, 6.07) is 6.12. The van der Waals surface area contributed by atoms with E-state index >= 15 is 0 Å². The van der Waals surface area contributed by atoms with Gasteiger partial charge in [0.2, 0.25) is 0 Å². The van der Waals surface area contributed by atoms with E-state index in [4.69, 9.17) is 0 Å². The Hall–Kier alpha value is -1.59. The average molecular weight is 305 g/mol. The van der Waals surface area contributed by atoms with Crippen LogP contribution in [0.4, 0.5) is 10.5 Å². The number of urea groups is 1. The van der Waals surface area contributed by atoms with E-state index in [1.807, 2.05) is 36.9 Å². The third-order valence-corrected chi connectivity index (χ3v) is 4.65. The van der Waals surface area contributed by atoms with Crippen molar-refractivity contribution in [2.75, 3.05) is 38.1 Å². The van der Waals surface area contributed by atoms with Crippen molar-refractivity contribution in [1.82, 2.24) is 9.80 Å². The van der Waals surface area contributed by atoms with Crippen LogP contribution < -0.4 is 5.32 Å². The normalized spacial score (nSPS) is 17.4. The first-order valence-electron chi connectivity index (χ1n) is 8.03. The summed E-state index contributed by atoms with van der Waals surface area (Å²) >= 11 is 0. The maximum absolute atomic E-state index is 12.4. The summed E-state index contributed by atoms with van der Waals surface area (Å²) in [4.78, 5) is 16.5. The molecule has 0 bridgehead atoms. The molecular formula is C17H27N3O2. The zero-order valence-electron chi connectivity index (χ0n) is 13.8. The number of benzene rings is 1. The fourth-order valence-electron chi connectivity index (χ4n) is 2.87. The number of aliphatic hydroxyl groups excluding tert-OH is 1. The molecule has 0 radical (unpaired) electrons. The molecule has 1 aromatic rings. The predicted octanol–water partition coefficient (Wildman–Crippen LogP) is 2.22. The molecule has 122 valence electrons. The van der Waals surface area contributed by atoms with Gasteiger partial charge in [0.15, 0.2) is 0 Å². The van der Waals surface area contributed by atoms with Gasteiger partial charge in [-0.2, -0.15) is 0 Å². The molecule has 5 nitrogen and oxygen atoms in total. The Morgan fingerprint density at radius 1 is 1.27 bits per heavy atom. The van der Waals surface area contributed by atoms with Crippen LogP contribution in [-0.2, 0) is 0 Å². The van der Waals surface area contributed by atoms with Gasteiger partial charge in [-0.25, -0.2) is 4.79 Å². The van der Waals surface area contributed by atoms with Crippen LogP contribution in [0.3, 0.4) is 0 Å². The molecule has 1 fully saturated rings. The van der Waals surface area contributed by atoms with E-state index in [0.29, 0.717) is 13.1 Å². The van der Waals surface area contributed by atoms with E-state index in [9.17, 15) is 9.90 Å². The van der Waals surface area contributed by atoms with Crippen molar-refractivity contribution >= 4 is 11.7 Å². The molecule has 0 spiro atoms. The second-order valence-corrected chi connectivity index (χ2v) is 5.95. The molecule has 1 heterocycles. The number of nitrogens with one attached hydrogen (secondary N) is 1. The lowest BCUT2D eigenvalue weighted by Gasteiger charge is -2.38. The van der Waals surface area contributed by atoms with Gasteiger partial charge < -0.3 is 15.3 Å². The molecule has 0 saturated carbocycles. The molecule has 0 aliphatic carbocycles. The highest BCUT2D eigenvalue weighted by molar-refractivity contribution is 5.90. The van der Waals surface area contributed by atoms with Crippen LogP contribution in [0.2, 0.25) is 0 Å². The van der Waals surface area contributed by atoms with E-state index in [1.165, 1.54) is 5.56 Å². The smallest absolute Gasteiger partial charge is 0.321 e. The van der Waals surface area contributed by atoms with Crippen LogP contribution in [-0.4, -0.2) is 59.8 Å². The summed E-state index contributed by atoms with van der Waals surface area (Å²) in [7, 11) is 0. The fourth-order valence-corrected chi connectivity index (χ4v) is 2.87. The number of hydrogen-bond acceptors (Lipinski definition) is 3. The number of nitrogens with zero attached hydrogens (tertiary/aromatic N) is 2. The van der Waals surface area contributed by atoms with E-state index in [-0.39, 0.29) is 18.7 Å². The number of rotatable bonds is 4. The highest BCUT2D eigenvalue weighted by atomic mass is 16.3. The summed E-state index contributed by atoms with van der Waals surface area (Å²) in [5.41, 5.74) is 3.17. The van der Waals surface area contributed by atoms with Crippen molar-refractivity contribution in [3.63, 3.8) is 0 Å². The van der Waals surface area contributed by atoms with Crippen molar-refractivity contribution < 1.29 is 9.90 Å². The minimum Gasteiger partial charge on any atom is -0.395 e. The second-order valence-electron chi connectivity index (χ2n) is 5.95. The lowest BCUT2D eigenvalue weighted by atomic mass is 10.1. The van der Waals surface area contributed by atoms with Crippen LogP contribution >= 0.6 is 0 Å². The first-order valence-corrected chi connectivity index (χ1v) is 8.03. The zero-order chi connectivity index (χ0) is 16.1. The number of anilines is 1. The Morgan fingerprint density at radius 2 is 1.95 bits per heavy atom. The zero-order valence-corrected chi connectivity index (χ0v) is 13.8. The van der Waals surface area contributed by atoms with E-state index in [2.05, 4.69) is 17.1 Å². The van der Waals surface area contributed by atoms with Gasteiger partial charge in [-0.05, 0) is 37.5 Å². The molecule has 5 heteroatoms. The Kier molecular flexibility index (Phi) is 5.80. The first kappa shape index (κ1) is 16.8. The number of piperazine rings is 1. The lowest BCUT2D eigenvalue weighted by Crippen LogP contribution is -2.53. The number of carbonyl (C=O) groups excluding carboxylic acids is 1. The summed E-state index contributed by atoms with van der Waals surface area (Å²) in [6.45, 7) is 9.38. The quantitative estimate of drug-likeness (QED) is 0.897. The first-order chi connectivity index (χ1) is 10.6. The molecule has 0 aromatic heterocycles. The Morgan fingerprint density at radius 3 is 2.55 bits per heavy atom. The minimum absolute atomic E-state index is 0.0367. The standard InChI is InChI=1S/C17H27N3O2/c1-4-15(12-21)19-8-10-20(11-9-19)17(22)18-16-7-5-6-13(2)14(16)3/h5-7,15,21H,4,8-12H2,1-3H3,(H,18,22). The number of carbonyl (C=O) groups is 1. The van der Waals surface area contributed by atoms with Crippen molar-refractivity contribution in [2.24, 2.45) is 0 Å².